The second-order valence-corrected chi connectivity index (χ2v) is 9.76. The number of hydrogen-bond donors (Lipinski definition) is 1. The number of aliphatic imine (C=N–C) groups is 1. The minimum absolute atomic E-state index is 0.00484. The standard InChI is InChI=1S/C18H14F3N3O3S2/c1-10-3-5-11(6-4-10)17(18(19,20)21)22-15(25)24-13-8-7-12(29(2,26)27)9-14(13)28-16(24)23-17/h3-9H,1-2H3,(H,22,25)/t17-/m0/s1. The maximum Gasteiger partial charge on any atom is 0.436 e. The number of thioether (sulfide) groups is 1. The largest absolute Gasteiger partial charge is 0.436 e. The Labute approximate surface area is 168 Å². The lowest BCUT2D eigenvalue weighted by Crippen LogP contribution is -2.62. The molecule has 4 rings (SSSR count). The number of nitrogens with zero attached hydrogens (tertiary/aromatic N) is 2. The molecular formula is C18H14F3N3O3S2. The van der Waals surface area contributed by atoms with Crippen LogP contribution in [0.5, 0.6) is 0 Å². The number of carbonyl (C=O) groups excluding carboxylic acids is 1. The Morgan fingerprint density at radius 3 is 2.38 bits per heavy atom. The van der Waals surface area contributed by atoms with E-state index < -0.39 is 27.7 Å². The van der Waals surface area contributed by atoms with Gasteiger partial charge >= 0.3 is 12.2 Å². The smallest absolute Gasteiger partial charge is 0.301 e. The van der Waals surface area contributed by atoms with Gasteiger partial charge in [-0.25, -0.2) is 23.1 Å². The molecule has 2 aliphatic rings. The quantitative estimate of drug-likeness (QED) is 0.769. The van der Waals surface area contributed by atoms with E-state index in [1.807, 2.05) is 5.32 Å². The van der Waals surface area contributed by atoms with Gasteiger partial charge in [-0.05, 0) is 36.9 Å². The van der Waals surface area contributed by atoms with Crippen LogP contribution >= 0.6 is 11.8 Å². The molecule has 1 N–H and O–H groups in total. The second-order valence-electron chi connectivity index (χ2n) is 6.74. The van der Waals surface area contributed by atoms with Crippen molar-refractivity contribution in [2.45, 2.75) is 28.6 Å². The third-order valence-electron chi connectivity index (χ3n) is 4.63. The molecule has 0 radical (unpaired) electrons. The van der Waals surface area contributed by atoms with Crippen LogP contribution in [0.25, 0.3) is 0 Å². The van der Waals surface area contributed by atoms with Crippen molar-refractivity contribution in [2.24, 2.45) is 4.99 Å². The second kappa shape index (κ2) is 6.23. The number of rotatable bonds is 2. The van der Waals surface area contributed by atoms with Crippen molar-refractivity contribution in [3.05, 3.63) is 53.6 Å². The van der Waals surface area contributed by atoms with Crippen LogP contribution in [0.1, 0.15) is 11.1 Å². The van der Waals surface area contributed by atoms with Crippen molar-refractivity contribution in [3.8, 4) is 0 Å². The molecule has 152 valence electrons. The predicted octanol–water partition coefficient (Wildman–Crippen LogP) is 3.81. The van der Waals surface area contributed by atoms with Crippen LogP contribution in [0.4, 0.5) is 23.7 Å². The molecule has 0 saturated heterocycles. The Balaban J connectivity index is 1.87. The third-order valence-corrected chi connectivity index (χ3v) is 6.74. The van der Waals surface area contributed by atoms with Crippen LogP contribution in [-0.2, 0) is 15.5 Å². The van der Waals surface area contributed by atoms with Crippen LogP contribution in [0.2, 0.25) is 0 Å². The molecule has 1 atom stereocenters. The average Bonchev–Trinajstić information content (AvgIpc) is 2.98. The van der Waals surface area contributed by atoms with E-state index in [9.17, 15) is 26.4 Å². The average molecular weight is 441 g/mol. The highest BCUT2D eigenvalue weighted by Crippen LogP contribution is 2.49. The van der Waals surface area contributed by atoms with Gasteiger partial charge in [-0.2, -0.15) is 13.2 Å². The molecule has 29 heavy (non-hydrogen) atoms. The Morgan fingerprint density at radius 2 is 1.79 bits per heavy atom. The summed E-state index contributed by atoms with van der Waals surface area (Å²) >= 11 is 0.821. The topological polar surface area (TPSA) is 78.8 Å². The lowest BCUT2D eigenvalue weighted by Gasteiger charge is -2.38. The van der Waals surface area contributed by atoms with Crippen LogP contribution in [0.3, 0.4) is 0 Å². The molecule has 0 aromatic heterocycles. The number of amidine groups is 1. The molecule has 0 bridgehead atoms. The number of alkyl halides is 3. The first-order valence-corrected chi connectivity index (χ1v) is 11.0. The fourth-order valence-electron chi connectivity index (χ4n) is 3.12. The van der Waals surface area contributed by atoms with E-state index in [4.69, 9.17) is 0 Å². The minimum Gasteiger partial charge on any atom is -0.301 e. The predicted molar refractivity (Wildman–Crippen MR) is 103 cm³/mol. The van der Waals surface area contributed by atoms with E-state index in [1.54, 1.807) is 6.92 Å². The van der Waals surface area contributed by atoms with Gasteiger partial charge in [0.15, 0.2) is 15.0 Å². The van der Waals surface area contributed by atoms with Crippen molar-refractivity contribution in [1.29, 1.82) is 0 Å². The number of anilines is 1. The minimum atomic E-state index is -4.90. The third kappa shape index (κ3) is 3.08. The Hall–Kier alpha value is -2.53. The van der Waals surface area contributed by atoms with Crippen molar-refractivity contribution in [2.75, 3.05) is 11.2 Å². The summed E-state index contributed by atoms with van der Waals surface area (Å²) in [4.78, 5) is 18.0. The number of hydrogen-bond acceptors (Lipinski definition) is 5. The van der Waals surface area contributed by atoms with Crippen LogP contribution in [0, 0.1) is 6.92 Å². The van der Waals surface area contributed by atoms with E-state index in [1.165, 1.54) is 42.5 Å². The normalized spacial score (nSPS) is 21.3. The highest BCUT2D eigenvalue weighted by molar-refractivity contribution is 8.15. The molecule has 0 saturated carbocycles. The molecule has 11 heteroatoms. The number of fused-ring (bicyclic) bond motifs is 3. The molecule has 2 aromatic rings. The highest BCUT2D eigenvalue weighted by atomic mass is 32.2. The fraction of sp³-hybridized carbons (Fsp3) is 0.222. The number of nitrogens with one attached hydrogen (secondary N) is 1. The number of aryl methyl sites for hydroxylation is 1. The molecular weight excluding hydrogens is 427 g/mol. The summed E-state index contributed by atoms with van der Waals surface area (Å²) in [5.41, 5.74) is -2.11. The van der Waals surface area contributed by atoms with E-state index in [0.717, 1.165) is 28.5 Å². The van der Waals surface area contributed by atoms with Gasteiger partial charge < -0.3 is 5.32 Å². The van der Waals surface area contributed by atoms with Crippen LogP contribution in [0.15, 0.2) is 57.2 Å². The molecule has 0 fully saturated rings. The van der Waals surface area contributed by atoms with E-state index >= 15 is 0 Å². The van der Waals surface area contributed by atoms with Crippen molar-refractivity contribution in [1.82, 2.24) is 5.32 Å². The van der Waals surface area contributed by atoms with Gasteiger partial charge in [-0.3, -0.25) is 0 Å². The molecule has 2 aliphatic heterocycles. The van der Waals surface area contributed by atoms with Crippen LogP contribution < -0.4 is 10.2 Å². The monoisotopic (exact) mass is 441 g/mol. The fourth-order valence-corrected chi connectivity index (χ4v) is 4.94. The maximum absolute atomic E-state index is 14.1. The summed E-state index contributed by atoms with van der Waals surface area (Å²) < 4.78 is 66.0. The first kappa shape index (κ1) is 19.8. The summed E-state index contributed by atoms with van der Waals surface area (Å²) in [6.45, 7) is 1.74. The first-order chi connectivity index (χ1) is 13.4. The summed E-state index contributed by atoms with van der Waals surface area (Å²) in [5, 5.41) is 1.83. The zero-order chi connectivity index (χ0) is 21.2. The lowest BCUT2D eigenvalue weighted by atomic mass is 9.97. The number of urea groups is 1. The van der Waals surface area contributed by atoms with E-state index in [0.29, 0.717) is 4.90 Å². The summed E-state index contributed by atoms with van der Waals surface area (Å²) in [7, 11) is -3.52. The van der Waals surface area contributed by atoms with Crippen molar-refractivity contribution in [3.63, 3.8) is 0 Å². The number of benzene rings is 2. The molecule has 0 aliphatic carbocycles. The Morgan fingerprint density at radius 1 is 1.14 bits per heavy atom. The van der Waals surface area contributed by atoms with Gasteiger partial charge in [-0.15, -0.1) is 0 Å². The molecule has 0 spiro atoms. The van der Waals surface area contributed by atoms with Gasteiger partial charge in [0.05, 0.1) is 10.6 Å². The molecule has 2 amide bonds. The van der Waals surface area contributed by atoms with Gasteiger partial charge in [0.25, 0.3) is 5.66 Å². The summed E-state index contributed by atoms with van der Waals surface area (Å²) in [6, 6.07) is 8.59. The Kier molecular flexibility index (Phi) is 4.25. The van der Waals surface area contributed by atoms with E-state index in [2.05, 4.69) is 4.99 Å². The Bertz CT molecular complexity index is 1160. The number of sulfone groups is 1. The number of carbonyl (C=O) groups is 1. The number of amides is 2. The SMILES string of the molecule is Cc1ccc([C@@]2(C(F)(F)F)N=C3Sc4cc(S(C)(=O)=O)ccc4N3C(=O)N2)cc1. The number of halogens is 3. The summed E-state index contributed by atoms with van der Waals surface area (Å²) in [5.74, 6) is 0. The zero-order valence-corrected chi connectivity index (χ0v) is 16.7. The van der Waals surface area contributed by atoms with E-state index in [-0.39, 0.29) is 21.3 Å². The van der Waals surface area contributed by atoms with Gasteiger partial charge in [0.2, 0.25) is 0 Å². The van der Waals surface area contributed by atoms with Crippen molar-refractivity contribution < 1.29 is 26.4 Å². The maximum atomic E-state index is 14.1. The molecule has 2 aromatic carbocycles. The molecule has 6 nitrogen and oxygen atoms in total. The first-order valence-electron chi connectivity index (χ1n) is 8.30. The lowest BCUT2D eigenvalue weighted by molar-refractivity contribution is -0.195. The zero-order valence-electron chi connectivity index (χ0n) is 15.1. The molecule has 2 heterocycles. The molecule has 0 unspecified atom stereocenters. The van der Waals surface area contributed by atoms with Crippen LogP contribution in [-0.4, -0.2) is 32.0 Å². The van der Waals surface area contributed by atoms with Gasteiger partial charge in [-0.1, -0.05) is 29.8 Å². The van der Waals surface area contributed by atoms with Gasteiger partial charge in [0, 0.05) is 16.7 Å². The van der Waals surface area contributed by atoms with Crippen molar-refractivity contribution >= 4 is 38.5 Å². The highest BCUT2D eigenvalue weighted by Gasteiger charge is 2.61. The summed E-state index contributed by atoms with van der Waals surface area (Å²) in [6.07, 6.45) is -3.87. The van der Waals surface area contributed by atoms with Gasteiger partial charge in [0.1, 0.15) is 0 Å².